The average molecular weight is 421 g/mol. The second-order valence-electron chi connectivity index (χ2n) is 7.33. The van der Waals surface area contributed by atoms with E-state index in [9.17, 15) is 4.79 Å². The second kappa shape index (κ2) is 16.5. The Morgan fingerprint density at radius 1 is 0.966 bits per heavy atom. The molecule has 0 heterocycles. The Labute approximate surface area is 180 Å². The van der Waals surface area contributed by atoms with Gasteiger partial charge in [0.05, 0.1) is 6.42 Å². The number of nitrogens with one attached hydrogen (secondary N) is 4. The monoisotopic (exact) mass is 420 g/mol. The zero-order valence-corrected chi connectivity index (χ0v) is 19.7. The smallest absolute Gasteiger partial charge is 0.224 e. The molecular weight excluding hydrogens is 379 g/mol. The van der Waals surface area contributed by atoms with Crippen molar-refractivity contribution in [2.75, 3.05) is 45.8 Å². The van der Waals surface area contributed by atoms with E-state index in [0.29, 0.717) is 13.0 Å². The van der Waals surface area contributed by atoms with E-state index in [-0.39, 0.29) is 5.91 Å². The molecule has 1 amide bonds. The highest BCUT2D eigenvalue weighted by Gasteiger charge is 2.09. The molecule has 0 fully saturated rings. The van der Waals surface area contributed by atoms with Crippen LogP contribution in [0.1, 0.15) is 50.7 Å². The summed E-state index contributed by atoms with van der Waals surface area (Å²) in [6, 6.07) is 6.30. The van der Waals surface area contributed by atoms with Crippen molar-refractivity contribution in [2.24, 2.45) is 0 Å². The van der Waals surface area contributed by atoms with E-state index in [2.05, 4.69) is 62.6 Å². The molecule has 0 spiro atoms. The number of aryl methyl sites for hydroxylation is 1. The molecule has 1 aromatic carbocycles. The molecule has 6 heteroatoms. The van der Waals surface area contributed by atoms with Gasteiger partial charge >= 0.3 is 0 Å². The van der Waals surface area contributed by atoms with Gasteiger partial charge in [-0.15, -0.1) is 9.24 Å². The van der Waals surface area contributed by atoms with Gasteiger partial charge in [-0.25, -0.2) is 0 Å². The molecule has 29 heavy (non-hydrogen) atoms. The van der Waals surface area contributed by atoms with Crippen molar-refractivity contribution < 1.29 is 4.79 Å². The Morgan fingerprint density at radius 3 is 2.14 bits per heavy atom. The summed E-state index contributed by atoms with van der Waals surface area (Å²) in [6.07, 6.45) is 5.73. The average Bonchev–Trinajstić information content (AvgIpc) is 2.71. The van der Waals surface area contributed by atoms with Crippen LogP contribution in [0.25, 0.3) is 5.57 Å². The van der Waals surface area contributed by atoms with E-state index in [4.69, 9.17) is 0 Å². The number of allylic oxidation sites excluding steroid dienone is 1. The largest absolute Gasteiger partial charge is 0.356 e. The Bertz CT molecular complexity index is 619. The Kier molecular flexibility index (Phi) is 14.7. The molecule has 0 bridgehead atoms. The number of hydrogen-bond acceptors (Lipinski definition) is 4. The number of hydrogen-bond donors (Lipinski definition) is 4. The third kappa shape index (κ3) is 12.1. The van der Waals surface area contributed by atoms with Gasteiger partial charge in [-0.05, 0) is 100 Å². The normalized spacial score (nSPS) is 11.7. The van der Waals surface area contributed by atoms with Crippen LogP contribution in [0, 0.1) is 6.92 Å². The number of rotatable bonds is 16. The fourth-order valence-electron chi connectivity index (χ4n) is 3.12. The van der Waals surface area contributed by atoms with Crippen LogP contribution in [0.15, 0.2) is 24.3 Å². The first-order valence-electron chi connectivity index (χ1n) is 11.0. The second-order valence-corrected chi connectivity index (χ2v) is 8.00. The van der Waals surface area contributed by atoms with Gasteiger partial charge in [0.15, 0.2) is 0 Å². The van der Waals surface area contributed by atoms with Crippen LogP contribution in [0.3, 0.4) is 0 Å². The summed E-state index contributed by atoms with van der Waals surface area (Å²) in [5.74, 6) is 0.0911. The minimum Gasteiger partial charge on any atom is -0.356 e. The molecule has 5 nitrogen and oxygen atoms in total. The molecule has 164 valence electrons. The third-order valence-corrected chi connectivity index (χ3v) is 5.18. The summed E-state index contributed by atoms with van der Waals surface area (Å²) < 4.78 is 0. The molecular formula is C23H41N4OP. The molecule has 4 N–H and O–H groups in total. The highest BCUT2D eigenvalue weighted by Crippen LogP contribution is 2.21. The van der Waals surface area contributed by atoms with E-state index in [1.165, 1.54) is 12.0 Å². The molecule has 0 aliphatic carbocycles. The summed E-state index contributed by atoms with van der Waals surface area (Å²) in [7, 11) is 2.72. The minimum atomic E-state index is 0.0911. The summed E-state index contributed by atoms with van der Waals surface area (Å²) in [5, 5.41) is 14.4. The molecule has 0 saturated carbocycles. The first kappa shape index (κ1) is 25.8. The fraction of sp³-hybridized carbons (Fsp3) is 0.609. The predicted octanol–water partition coefficient (Wildman–Crippen LogP) is 2.36. The zero-order chi connectivity index (χ0) is 21.3. The summed E-state index contributed by atoms with van der Waals surface area (Å²) in [4.78, 5) is 12.3. The highest BCUT2D eigenvalue weighted by molar-refractivity contribution is 7.27. The van der Waals surface area contributed by atoms with E-state index < -0.39 is 0 Å². The van der Waals surface area contributed by atoms with Gasteiger partial charge in [-0.1, -0.05) is 25.1 Å². The van der Waals surface area contributed by atoms with Gasteiger partial charge in [0.2, 0.25) is 5.91 Å². The molecule has 1 unspecified atom stereocenters. The van der Waals surface area contributed by atoms with Crippen LogP contribution in [-0.2, 0) is 4.79 Å². The lowest BCUT2D eigenvalue weighted by molar-refractivity contribution is -0.120. The van der Waals surface area contributed by atoms with Crippen molar-refractivity contribution in [1.29, 1.82) is 0 Å². The summed E-state index contributed by atoms with van der Waals surface area (Å²) >= 11 is 0. The SMILES string of the molecule is C/C=C(/CC(=O)NCCCNCCCNCCCNCC)c1cc(P)ccc1C. The lowest BCUT2D eigenvalue weighted by Gasteiger charge is -2.12. The standard InChI is InChI=1S/C23H41N4OP/c1-4-20(22-18-21(29)10-9-19(22)3)17-23(28)27-16-8-15-26-14-7-13-25-12-6-11-24-5-2/h4,9-10,18,24-26H,5-8,11-17,29H2,1-3H3,(H,27,28)/b20-4-. The van der Waals surface area contributed by atoms with Crippen LogP contribution >= 0.6 is 9.24 Å². The number of carbonyl (C=O) groups excluding carboxylic acids is 1. The summed E-state index contributed by atoms with van der Waals surface area (Å²) in [5.41, 5.74) is 3.45. The molecule has 0 radical (unpaired) electrons. The molecule has 0 aromatic heterocycles. The zero-order valence-electron chi connectivity index (χ0n) is 18.6. The number of carbonyl (C=O) groups is 1. The van der Waals surface area contributed by atoms with E-state index in [1.54, 1.807) is 0 Å². The number of benzene rings is 1. The first-order chi connectivity index (χ1) is 14.1. The maximum absolute atomic E-state index is 12.3. The molecule has 1 atom stereocenters. The van der Waals surface area contributed by atoms with Gasteiger partial charge in [-0.3, -0.25) is 4.79 Å². The first-order valence-corrected chi connectivity index (χ1v) is 11.6. The Hall–Kier alpha value is -1.26. The maximum Gasteiger partial charge on any atom is 0.224 e. The summed E-state index contributed by atoms with van der Waals surface area (Å²) in [6.45, 7) is 13.2. The van der Waals surface area contributed by atoms with Gasteiger partial charge in [0, 0.05) is 6.54 Å². The highest BCUT2D eigenvalue weighted by atomic mass is 31.0. The van der Waals surface area contributed by atoms with Gasteiger partial charge in [0.1, 0.15) is 0 Å². The quantitative estimate of drug-likeness (QED) is 0.245. The van der Waals surface area contributed by atoms with E-state index in [1.807, 2.05) is 13.0 Å². The lowest BCUT2D eigenvalue weighted by Crippen LogP contribution is -2.29. The van der Waals surface area contributed by atoms with Gasteiger partial charge in [-0.2, -0.15) is 0 Å². The van der Waals surface area contributed by atoms with Crippen molar-refractivity contribution in [1.82, 2.24) is 21.3 Å². The van der Waals surface area contributed by atoms with Crippen molar-refractivity contribution in [3.8, 4) is 0 Å². The van der Waals surface area contributed by atoms with Crippen LogP contribution < -0.4 is 26.6 Å². The predicted molar refractivity (Wildman–Crippen MR) is 130 cm³/mol. The van der Waals surface area contributed by atoms with Crippen LogP contribution in [0.2, 0.25) is 0 Å². The third-order valence-electron chi connectivity index (χ3n) is 4.82. The van der Waals surface area contributed by atoms with Crippen molar-refractivity contribution in [2.45, 2.75) is 46.5 Å². The lowest BCUT2D eigenvalue weighted by atomic mass is 9.97. The number of amides is 1. The minimum absolute atomic E-state index is 0.0911. The van der Waals surface area contributed by atoms with Crippen molar-refractivity contribution >= 4 is 26.0 Å². The van der Waals surface area contributed by atoms with Crippen LogP contribution in [-0.4, -0.2) is 51.7 Å². The Balaban J connectivity index is 2.07. The molecule has 0 aliphatic heterocycles. The topological polar surface area (TPSA) is 65.2 Å². The van der Waals surface area contributed by atoms with Crippen LogP contribution in [0.5, 0.6) is 0 Å². The van der Waals surface area contributed by atoms with Gasteiger partial charge in [0.25, 0.3) is 0 Å². The maximum atomic E-state index is 12.3. The molecule has 0 aliphatic rings. The Morgan fingerprint density at radius 2 is 1.55 bits per heavy atom. The molecule has 0 saturated heterocycles. The van der Waals surface area contributed by atoms with Crippen molar-refractivity contribution in [3.63, 3.8) is 0 Å². The van der Waals surface area contributed by atoms with E-state index >= 15 is 0 Å². The van der Waals surface area contributed by atoms with Gasteiger partial charge < -0.3 is 21.3 Å². The van der Waals surface area contributed by atoms with E-state index in [0.717, 1.165) is 68.6 Å². The fourth-order valence-corrected chi connectivity index (χ4v) is 3.38. The molecule has 1 aromatic rings. The van der Waals surface area contributed by atoms with Crippen molar-refractivity contribution in [3.05, 3.63) is 35.4 Å². The van der Waals surface area contributed by atoms with Crippen LogP contribution in [0.4, 0.5) is 0 Å². The molecule has 1 rings (SSSR count).